The van der Waals surface area contributed by atoms with Crippen molar-refractivity contribution >= 4 is 19.9 Å². The molecular weight excluding hydrogens is 281 g/mol. The number of nitrogens with one attached hydrogen (secondary N) is 1. The molecule has 5 nitrogen and oxygen atoms in total. The summed E-state index contributed by atoms with van der Waals surface area (Å²) in [7, 11) is -7.03. The van der Waals surface area contributed by atoms with Gasteiger partial charge in [-0.1, -0.05) is 0 Å². The van der Waals surface area contributed by atoms with Crippen molar-refractivity contribution in [2.75, 3.05) is 18.6 Å². The second-order valence-electron chi connectivity index (χ2n) is 3.94. The van der Waals surface area contributed by atoms with Crippen LogP contribution in [0.15, 0.2) is 23.1 Å². The van der Waals surface area contributed by atoms with Gasteiger partial charge in [0.15, 0.2) is 0 Å². The van der Waals surface area contributed by atoms with Crippen molar-refractivity contribution < 1.29 is 21.2 Å². The van der Waals surface area contributed by atoms with Crippen LogP contribution in [0.1, 0.15) is 5.56 Å². The summed E-state index contributed by atoms with van der Waals surface area (Å²) in [6, 6.07) is 3.38. The van der Waals surface area contributed by atoms with E-state index in [4.69, 9.17) is 0 Å². The van der Waals surface area contributed by atoms with Gasteiger partial charge >= 0.3 is 0 Å². The third-order valence-corrected chi connectivity index (χ3v) is 4.61. The molecule has 0 radical (unpaired) electrons. The fourth-order valence-electron chi connectivity index (χ4n) is 1.23. The summed E-state index contributed by atoms with van der Waals surface area (Å²) < 4.78 is 60.4. The van der Waals surface area contributed by atoms with Gasteiger partial charge in [0.05, 0.1) is 10.6 Å². The van der Waals surface area contributed by atoms with Gasteiger partial charge in [-0.2, -0.15) is 0 Å². The highest BCUT2D eigenvalue weighted by Crippen LogP contribution is 2.13. The molecule has 102 valence electrons. The van der Waals surface area contributed by atoms with E-state index in [9.17, 15) is 21.2 Å². The number of sulfone groups is 1. The summed E-state index contributed by atoms with van der Waals surface area (Å²) in [5.41, 5.74) is 0.209. The van der Waals surface area contributed by atoms with Crippen molar-refractivity contribution in [3.8, 4) is 0 Å². The van der Waals surface area contributed by atoms with Crippen LogP contribution in [0, 0.1) is 12.7 Å². The number of aryl methyl sites for hydroxylation is 1. The van der Waals surface area contributed by atoms with E-state index in [0.717, 1.165) is 18.4 Å². The van der Waals surface area contributed by atoms with Gasteiger partial charge in [-0.25, -0.2) is 25.9 Å². The third-order valence-electron chi connectivity index (χ3n) is 2.20. The predicted octanol–water partition coefficient (Wildman–Crippen LogP) is 0.457. The lowest BCUT2D eigenvalue weighted by atomic mass is 10.2. The number of hydrogen-bond acceptors (Lipinski definition) is 4. The van der Waals surface area contributed by atoms with Crippen LogP contribution in [0.2, 0.25) is 0 Å². The van der Waals surface area contributed by atoms with Gasteiger partial charge in [0.2, 0.25) is 10.0 Å². The van der Waals surface area contributed by atoms with Crippen LogP contribution in [0.25, 0.3) is 0 Å². The van der Waals surface area contributed by atoms with Crippen molar-refractivity contribution in [1.82, 2.24) is 4.72 Å². The molecule has 0 fully saturated rings. The number of halogens is 1. The van der Waals surface area contributed by atoms with Crippen LogP contribution in [-0.2, 0) is 19.9 Å². The maximum absolute atomic E-state index is 13.0. The largest absolute Gasteiger partial charge is 0.240 e. The normalized spacial score (nSPS) is 12.6. The second-order valence-corrected chi connectivity index (χ2v) is 7.97. The molecule has 0 bridgehead atoms. The Bertz CT molecular complexity index is 638. The van der Waals surface area contributed by atoms with Crippen molar-refractivity contribution in [1.29, 1.82) is 0 Å². The van der Waals surface area contributed by atoms with E-state index >= 15 is 0 Å². The molecule has 18 heavy (non-hydrogen) atoms. The number of sulfonamides is 1. The van der Waals surface area contributed by atoms with E-state index in [1.807, 2.05) is 0 Å². The van der Waals surface area contributed by atoms with Gasteiger partial charge in [0.1, 0.15) is 15.7 Å². The zero-order valence-corrected chi connectivity index (χ0v) is 11.6. The summed E-state index contributed by atoms with van der Waals surface area (Å²) in [4.78, 5) is -0.0881. The monoisotopic (exact) mass is 295 g/mol. The van der Waals surface area contributed by atoms with Crippen LogP contribution < -0.4 is 4.72 Å². The average Bonchev–Trinajstić information content (AvgIpc) is 2.19. The number of hydrogen-bond donors (Lipinski definition) is 1. The number of rotatable bonds is 5. The Hall–Kier alpha value is -0.990. The highest BCUT2D eigenvalue weighted by Gasteiger charge is 2.15. The van der Waals surface area contributed by atoms with Gasteiger partial charge in [-0.3, -0.25) is 0 Å². The first-order chi connectivity index (χ1) is 8.12. The Labute approximate surface area is 106 Å². The molecule has 0 saturated heterocycles. The zero-order valence-electron chi connectivity index (χ0n) is 9.97. The molecule has 1 N–H and O–H groups in total. The summed E-state index contributed by atoms with van der Waals surface area (Å²) in [6.45, 7) is 1.24. The van der Waals surface area contributed by atoms with Gasteiger partial charge in [0, 0.05) is 12.8 Å². The zero-order chi connectivity index (χ0) is 14.0. The molecule has 0 heterocycles. The Morgan fingerprint density at radius 1 is 1.22 bits per heavy atom. The van der Waals surface area contributed by atoms with Gasteiger partial charge < -0.3 is 0 Å². The lowest BCUT2D eigenvalue weighted by Crippen LogP contribution is -2.29. The molecule has 0 spiro atoms. The first-order valence-corrected chi connectivity index (χ1v) is 8.60. The Kier molecular flexibility index (Phi) is 4.46. The van der Waals surface area contributed by atoms with E-state index in [0.29, 0.717) is 0 Å². The Morgan fingerprint density at radius 3 is 2.33 bits per heavy atom. The van der Waals surface area contributed by atoms with Crippen LogP contribution in [-0.4, -0.2) is 35.4 Å². The Morgan fingerprint density at radius 2 is 1.83 bits per heavy atom. The number of benzene rings is 1. The van der Waals surface area contributed by atoms with Crippen LogP contribution in [0.3, 0.4) is 0 Å². The summed E-state index contributed by atoms with van der Waals surface area (Å²) >= 11 is 0. The molecule has 1 aromatic rings. The van der Waals surface area contributed by atoms with Crippen molar-refractivity contribution in [3.63, 3.8) is 0 Å². The molecule has 0 aliphatic rings. The molecule has 0 atom stereocenters. The first kappa shape index (κ1) is 15.1. The van der Waals surface area contributed by atoms with E-state index < -0.39 is 25.7 Å². The smallest absolute Gasteiger partial charge is 0.229 e. The van der Waals surface area contributed by atoms with Gasteiger partial charge in [-0.15, -0.1) is 0 Å². The quantitative estimate of drug-likeness (QED) is 0.855. The molecule has 0 unspecified atom stereocenters. The first-order valence-electron chi connectivity index (χ1n) is 5.05. The standard InChI is InChI=1S/C10H14FNO4S2/c1-8-7-9(3-4-10(8)11)18(15,16)12-5-6-17(2,13)14/h3-4,7,12H,5-6H2,1-2H3. The topological polar surface area (TPSA) is 80.3 Å². The molecular formula is C10H14FNO4S2. The van der Waals surface area contributed by atoms with Crippen LogP contribution in [0.4, 0.5) is 4.39 Å². The molecule has 8 heteroatoms. The maximum atomic E-state index is 13.0. The minimum Gasteiger partial charge on any atom is -0.229 e. The fraction of sp³-hybridized carbons (Fsp3) is 0.400. The fourth-order valence-corrected chi connectivity index (χ4v) is 2.95. The lowest BCUT2D eigenvalue weighted by Gasteiger charge is -2.07. The second kappa shape index (κ2) is 5.33. The molecule has 0 aromatic heterocycles. The highest BCUT2D eigenvalue weighted by atomic mass is 32.2. The van der Waals surface area contributed by atoms with Gasteiger partial charge in [-0.05, 0) is 30.7 Å². The molecule has 1 rings (SSSR count). The van der Waals surface area contributed by atoms with E-state index in [1.54, 1.807) is 0 Å². The Balaban J connectivity index is 2.84. The van der Waals surface area contributed by atoms with E-state index in [2.05, 4.69) is 4.72 Å². The van der Waals surface area contributed by atoms with Crippen LogP contribution in [0.5, 0.6) is 0 Å². The SMILES string of the molecule is Cc1cc(S(=O)(=O)NCCS(C)(=O)=O)ccc1F. The minimum absolute atomic E-state index is 0.0881. The predicted molar refractivity (Wildman–Crippen MR) is 66.0 cm³/mol. The summed E-state index contributed by atoms with van der Waals surface area (Å²) in [5.74, 6) is -0.781. The van der Waals surface area contributed by atoms with Crippen molar-refractivity contribution in [2.45, 2.75) is 11.8 Å². The summed E-state index contributed by atoms with van der Waals surface area (Å²) in [5, 5.41) is 0. The maximum Gasteiger partial charge on any atom is 0.240 e. The molecule has 0 aliphatic heterocycles. The molecule has 0 aliphatic carbocycles. The lowest BCUT2D eigenvalue weighted by molar-refractivity contribution is 0.580. The van der Waals surface area contributed by atoms with Crippen molar-refractivity contribution in [2.24, 2.45) is 0 Å². The third kappa shape index (κ3) is 4.35. The van der Waals surface area contributed by atoms with Crippen molar-refractivity contribution in [3.05, 3.63) is 29.6 Å². The van der Waals surface area contributed by atoms with Crippen LogP contribution >= 0.6 is 0 Å². The molecule has 0 amide bonds. The average molecular weight is 295 g/mol. The summed E-state index contributed by atoms with van der Waals surface area (Å²) in [6.07, 6.45) is 1.02. The molecule has 1 aromatic carbocycles. The molecule has 0 saturated carbocycles. The minimum atomic E-state index is -3.80. The highest BCUT2D eigenvalue weighted by molar-refractivity contribution is 7.91. The van der Waals surface area contributed by atoms with E-state index in [-0.39, 0.29) is 22.8 Å². The van der Waals surface area contributed by atoms with E-state index in [1.165, 1.54) is 13.0 Å². The van der Waals surface area contributed by atoms with Gasteiger partial charge in [0.25, 0.3) is 0 Å².